The fourth-order valence-corrected chi connectivity index (χ4v) is 1.45. The molecule has 2 aromatic rings. The molecule has 0 heterocycles. The number of hydrogen-bond acceptors (Lipinski definition) is 2. The van der Waals surface area contributed by atoms with E-state index in [1.807, 2.05) is 0 Å². The van der Waals surface area contributed by atoms with Gasteiger partial charge >= 0.3 is 0 Å². The lowest BCUT2D eigenvalue weighted by atomic mass is 10.0. The zero-order valence-corrected chi connectivity index (χ0v) is 10.8. The van der Waals surface area contributed by atoms with E-state index >= 15 is 0 Å². The molecule has 2 rings (SSSR count). The van der Waals surface area contributed by atoms with Crippen LogP contribution in [0.3, 0.4) is 0 Å². The SMILES string of the molecule is [2H]c1c([2H])c([2H])c(C(OCCN(C)C)c2c([2H])c([2H])c([2H])c([2H])c2[2H])c([2H])c1[2H]. The number of hydrogen-bond donors (Lipinski definition) is 0. The zero-order chi connectivity index (χ0) is 22.2. The van der Waals surface area contributed by atoms with Crippen LogP contribution in [0.1, 0.15) is 30.9 Å². The van der Waals surface area contributed by atoms with E-state index in [2.05, 4.69) is 0 Å². The van der Waals surface area contributed by atoms with Gasteiger partial charge in [0.25, 0.3) is 0 Å². The number of ether oxygens (including phenoxy) is 1. The summed E-state index contributed by atoms with van der Waals surface area (Å²) in [5.41, 5.74) is -0.540. The Balaban J connectivity index is 2.82. The summed E-state index contributed by atoms with van der Waals surface area (Å²) in [5.74, 6) is 0. The van der Waals surface area contributed by atoms with Gasteiger partial charge in [0.15, 0.2) is 0 Å². The van der Waals surface area contributed by atoms with Gasteiger partial charge in [-0.15, -0.1) is 0 Å². The maximum Gasteiger partial charge on any atom is 0.108 e. The van der Waals surface area contributed by atoms with Crippen molar-refractivity contribution in [3.05, 3.63) is 71.6 Å². The Bertz CT molecular complexity index is 819. The Hall–Kier alpha value is -1.64. The molecule has 19 heavy (non-hydrogen) atoms. The summed E-state index contributed by atoms with van der Waals surface area (Å²) in [4.78, 5) is 1.79. The van der Waals surface area contributed by atoms with E-state index < -0.39 is 66.5 Å². The van der Waals surface area contributed by atoms with Gasteiger partial charge in [-0.25, -0.2) is 0 Å². The fraction of sp³-hybridized carbons (Fsp3) is 0.294. The maximum atomic E-state index is 8.21. The van der Waals surface area contributed by atoms with Gasteiger partial charge in [0.2, 0.25) is 0 Å². The molecule has 0 radical (unpaired) electrons. The van der Waals surface area contributed by atoms with Crippen LogP contribution in [0.5, 0.6) is 0 Å². The Morgan fingerprint density at radius 1 is 0.947 bits per heavy atom. The third-order valence-electron chi connectivity index (χ3n) is 2.39. The van der Waals surface area contributed by atoms with E-state index in [9.17, 15) is 0 Å². The number of nitrogens with zero attached hydrogens (tertiary/aromatic N) is 1. The third-order valence-corrected chi connectivity index (χ3v) is 2.39. The standard InChI is InChI=1S/C17H21NO/c1-18(2)13-14-19-17(15-9-5-3-6-10-15)16-11-7-4-8-12-16/h3-12,17H,13-14H2,1-2H3/i3D,4D,5D,6D,7D,8D,9D,10D,11D,12D. The highest BCUT2D eigenvalue weighted by Crippen LogP contribution is 2.25. The van der Waals surface area contributed by atoms with E-state index in [0.29, 0.717) is 6.54 Å². The minimum absolute atomic E-state index is 0.0437. The van der Waals surface area contributed by atoms with Crippen molar-refractivity contribution in [2.75, 3.05) is 27.2 Å². The molecule has 0 aliphatic carbocycles. The average molecular weight is 265 g/mol. The van der Waals surface area contributed by atoms with Crippen molar-refractivity contribution in [1.29, 1.82) is 0 Å². The first-order valence-corrected chi connectivity index (χ1v) is 5.81. The third kappa shape index (κ3) is 4.19. The second-order valence-corrected chi connectivity index (χ2v) is 4.13. The van der Waals surface area contributed by atoms with Crippen LogP contribution < -0.4 is 0 Å². The summed E-state index contributed by atoms with van der Waals surface area (Å²) in [6.45, 7) is 0.454. The molecule has 0 bridgehead atoms. The molecule has 0 amide bonds. The minimum Gasteiger partial charge on any atom is -0.367 e. The number of benzene rings is 2. The Labute approximate surface area is 129 Å². The van der Waals surface area contributed by atoms with E-state index in [-0.39, 0.29) is 17.7 Å². The van der Waals surface area contributed by atoms with Crippen molar-refractivity contribution in [2.45, 2.75) is 6.10 Å². The number of rotatable bonds is 6. The predicted octanol–water partition coefficient (Wildman–Crippen LogP) is 3.35. The van der Waals surface area contributed by atoms with E-state index in [1.54, 1.807) is 19.0 Å². The molecule has 0 fully saturated rings. The molecule has 0 spiro atoms. The van der Waals surface area contributed by atoms with Crippen LogP contribution in [0.25, 0.3) is 0 Å². The Morgan fingerprint density at radius 2 is 1.42 bits per heavy atom. The number of likely N-dealkylation sites (N-methyl/N-ethyl adjacent to an activating group) is 1. The molecule has 0 unspecified atom stereocenters. The second kappa shape index (κ2) is 7.07. The smallest absolute Gasteiger partial charge is 0.108 e. The summed E-state index contributed by atoms with van der Waals surface area (Å²) in [6, 6.07) is -5.70. The Kier molecular flexibility index (Phi) is 2.15. The highest BCUT2D eigenvalue weighted by molar-refractivity contribution is 5.29. The summed E-state index contributed by atoms with van der Waals surface area (Å²) < 4.78 is 85.7. The van der Waals surface area contributed by atoms with Crippen LogP contribution in [0.15, 0.2) is 60.4 Å². The van der Waals surface area contributed by atoms with Crippen LogP contribution in [0, 0.1) is 0 Å². The molecular formula is C17H21NO. The lowest BCUT2D eigenvalue weighted by molar-refractivity contribution is 0.0687. The highest BCUT2D eigenvalue weighted by atomic mass is 16.5. The van der Waals surface area contributed by atoms with Gasteiger partial charge in [-0.05, 0) is 25.2 Å². The first-order chi connectivity index (χ1) is 13.4. The Morgan fingerprint density at radius 3 is 1.84 bits per heavy atom. The molecule has 2 nitrogen and oxygen atoms in total. The minimum atomic E-state index is -1.43. The van der Waals surface area contributed by atoms with Crippen molar-refractivity contribution < 1.29 is 18.4 Å². The molecule has 0 aliphatic heterocycles. The first kappa shape index (κ1) is 5.78. The van der Waals surface area contributed by atoms with Crippen molar-refractivity contribution in [3.63, 3.8) is 0 Å². The zero-order valence-electron chi connectivity index (χ0n) is 20.8. The lowest BCUT2D eigenvalue weighted by Crippen LogP contribution is -2.20. The van der Waals surface area contributed by atoms with Crippen LogP contribution in [-0.2, 0) is 4.74 Å². The molecule has 0 saturated heterocycles. The van der Waals surface area contributed by atoms with Gasteiger partial charge in [0.1, 0.15) is 6.10 Å². The van der Waals surface area contributed by atoms with Gasteiger partial charge < -0.3 is 9.64 Å². The van der Waals surface area contributed by atoms with Gasteiger partial charge in [0, 0.05) is 6.54 Å². The van der Waals surface area contributed by atoms with Gasteiger partial charge in [-0.3, -0.25) is 0 Å². The van der Waals surface area contributed by atoms with Crippen molar-refractivity contribution in [3.8, 4) is 0 Å². The van der Waals surface area contributed by atoms with Crippen LogP contribution in [0.2, 0.25) is 0 Å². The largest absolute Gasteiger partial charge is 0.367 e. The van der Waals surface area contributed by atoms with Gasteiger partial charge in [0.05, 0.1) is 20.3 Å². The second-order valence-electron chi connectivity index (χ2n) is 4.13. The molecule has 0 aromatic heterocycles. The molecule has 0 atom stereocenters. The monoisotopic (exact) mass is 265 g/mol. The summed E-state index contributed by atoms with van der Waals surface area (Å²) >= 11 is 0. The molecule has 100 valence electrons. The van der Waals surface area contributed by atoms with Crippen LogP contribution in [0.4, 0.5) is 0 Å². The molecule has 0 N–H and O–H groups in total. The lowest BCUT2D eigenvalue weighted by Gasteiger charge is -2.20. The molecule has 2 aromatic carbocycles. The van der Waals surface area contributed by atoms with E-state index in [1.165, 1.54) is 0 Å². The van der Waals surface area contributed by atoms with Crippen molar-refractivity contribution >= 4 is 0 Å². The summed E-state index contributed by atoms with van der Waals surface area (Å²) in [5, 5.41) is 0. The quantitative estimate of drug-likeness (QED) is 0.794. The molecule has 0 saturated carbocycles. The van der Waals surface area contributed by atoms with E-state index in [0.717, 1.165) is 0 Å². The topological polar surface area (TPSA) is 12.5 Å². The molecule has 2 heteroatoms. The average Bonchev–Trinajstić information content (AvgIpc) is 2.67. The van der Waals surface area contributed by atoms with Gasteiger partial charge in [-0.2, -0.15) is 0 Å². The predicted molar refractivity (Wildman–Crippen MR) is 79.2 cm³/mol. The first-order valence-electron chi connectivity index (χ1n) is 10.8. The fourth-order valence-electron chi connectivity index (χ4n) is 1.45. The normalized spacial score (nSPS) is 18.5. The van der Waals surface area contributed by atoms with Crippen molar-refractivity contribution in [2.24, 2.45) is 0 Å². The highest BCUT2D eigenvalue weighted by Gasteiger charge is 2.13. The van der Waals surface area contributed by atoms with Crippen molar-refractivity contribution in [1.82, 2.24) is 4.90 Å². The maximum absolute atomic E-state index is 8.21. The van der Waals surface area contributed by atoms with Gasteiger partial charge in [-0.1, -0.05) is 60.4 Å². The van der Waals surface area contributed by atoms with Crippen LogP contribution in [-0.4, -0.2) is 32.1 Å². The summed E-state index contributed by atoms with van der Waals surface area (Å²) in [7, 11) is 3.57. The molecule has 0 aliphatic rings. The van der Waals surface area contributed by atoms with Crippen LogP contribution >= 0.6 is 0 Å². The summed E-state index contributed by atoms with van der Waals surface area (Å²) in [6.07, 6.45) is -1.43. The molecular weight excluding hydrogens is 234 g/mol. The van der Waals surface area contributed by atoms with E-state index in [4.69, 9.17) is 18.4 Å².